The van der Waals surface area contributed by atoms with Gasteiger partial charge in [0.15, 0.2) is 0 Å². The SMILES string of the molecule is CN(c1ccccc1)[C@]1(C#N)C[C@H]2C=C[C@@H]1CC2. The molecule has 2 bridgehead atoms. The molecule has 1 saturated carbocycles. The van der Waals surface area contributed by atoms with Crippen LogP contribution in [-0.4, -0.2) is 12.6 Å². The summed E-state index contributed by atoms with van der Waals surface area (Å²) in [5, 5.41) is 9.77. The van der Waals surface area contributed by atoms with Gasteiger partial charge in [-0.15, -0.1) is 0 Å². The Morgan fingerprint density at radius 2 is 2.00 bits per heavy atom. The first-order valence-corrected chi connectivity index (χ1v) is 6.65. The second-order valence-corrected chi connectivity index (χ2v) is 5.46. The largest absolute Gasteiger partial charge is 0.356 e. The minimum absolute atomic E-state index is 0.348. The predicted molar refractivity (Wildman–Crippen MR) is 73.2 cm³/mol. The fourth-order valence-corrected chi connectivity index (χ4v) is 3.47. The van der Waals surface area contributed by atoms with Crippen LogP contribution in [0.2, 0.25) is 0 Å². The number of allylic oxidation sites excluding steroid dienone is 1. The lowest BCUT2D eigenvalue weighted by atomic mass is 9.64. The highest BCUT2D eigenvalue weighted by atomic mass is 15.2. The topological polar surface area (TPSA) is 27.0 Å². The van der Waals surface area contributed by atoms with E-state index in [1.54, 1.807) is 0 Å². The van der Waals surface area contributed by atoms with Gasteiger partial charge in [-0.3, -0.25) is 0 Å². The Morgan fingerprint density at radius 3 is 2.50 bits per heavy atom. The molecule has 0 heterocycles. The van der Waals surface area contributed by atoms with Crippen molar-refractivity contribution in [3.63, 3.8) is 0 Å². The quantitative estimate of drug-likeness (QED) is 0.739. The smallest absolute Gasteiger partial charge is 0.134 e. The minimum atomic E-state index is -0.348. The Hall–Kier alpha value is -1.75. The summed E-state index contributed by atoms with van der Waals surface area (Å²) >= 11 is 0. The summed E-state index contributed by atoms with van der Waals surface area (Å²) < 4.78 is 0. The van der Waals surface area contributed by atoms with Crippen molar-refractivity contribution in [2.45, 2.75) is 24.8 Å². The minimum Gasteiger partial charge on any atom is -0.356 e. The van der Waals surface area contributed by atoms with E-state index in [1.165, 1.54) is 6.42 Å². The third kappa shape index (κ3) is 1.54. The van der Waals surface area contributed by atoms with Gasteiger partial charge in [-0.25, -0.2) is 0 Å². The fourth-order valence-electron chi connectivity index (χ4n) is 3.47. The molecule has 0 N–H and O–H groups in total. The molecule has 4 rings (SSSR count). The number of hydrogen-bond donors (Lipinski definition) is 0. The first kappa shape index (κ1) is 11.3. The standard InChI is InChI=1S/C16H18N2/c1-18(15-5-3-2-4-6-15)16(12-17)11-13-7-9-14(16)10-8-13/h2-7,9,13-14H,8,10-11H2,1H3/t13-,14+,16-/m0/s1. The van der Waals surface area contributed by atoms with E-state index in [1.807, 2.05) is 18.2 Å². The van der Waals surface area contributed by atoms with Gasteiger partial charge in [-0.05, 0) is 37.3 Å². The summed E-state index contributed by atoms with van der Waals surface area (Å²) in [7, 11) is 2.06. The molecule has 1 aromatic rings. The van der Waals surface area contributed by atoms with E-state index in [9.17, 15) is 5.26 Å². The molecule has 0 radical (unpaired) electrons. The number of benzene rings is 1. The van der Waals surface area contributed by atoms with Gasteiger partial charge in [0.25, 0.3) is 0 Å². The van der Waals surface area contributed by atoms with Gasteiger partial charge in [0, 0.05) is 18.7 Å². The van der Waals surface area contributed by atoms with Crippen LogP contribution in [0.5, 0.6) is 0 Å². The average molecular weight is 238 g/mol. The predicted octanol–water partition coefficient (Wildman–Crippen LogP) is 3.37. The van der Waals surface area contributed by atoms with E-state index in [0.717, 1.165) is 18.5 Å². The molecule has 3 atom stereocenters. The van der Waals surface area contributed by atoms with Crippen molar-refractivity contribution in [2.75, 3.05) is 11.9 Å². The van der Waals surface area contributed by atoms with Crippen molar-refractivity contribution in [1.82, 2.24) is 0 Å². The number of para-hydroxylation sites is 1. The second-order valence-electron chi connectivity index (χ2n) is 5.46. The summed E-state index contributed by atoms with van der Waals surface area (Å²) in [6.45, 7) is 0. The number of rotatable bonds is 2. The van der Waals surface area contributed by atoms with E-state index in [0.29, 0.717) is 11.8 Å². The summed E-state index contributed by atoms with van der Waals surface area (Å²) in [6, 6.07) is 12.9. The average Bonchev–Trinajstić information content (AvgIpc) is 2.48. The monoisotopic (exact) mass is 238 g/mol. The maximum Gasteiger partial charge on any atom is 0.134 e. The Bertz CT molecular complexity index is 500. The van der Waals surface area contributed by atoms with E-state index >= 15 is 0 Å². The highest BCUT2D eigenvalue weighted by Crippen LogP contribution is 2.46. The van der Waals surface area contributed by atoms with E-state index < -0.39 is 0 Å². The molecule has 1 fully saturated rings. The first-order chi connectivity index (χ1) is 8.76. The number of hydrogen-bond acceptors (Lipinski definition) is 2. The van der Waals surface area contributed by atoms with Crippen LogP contribution in [0.25, 0.3) is 0 Å². The van der Waals surface area contributed by atoms with Crippen LogP contribution in [0, 0.1) is 23.2 Å². The number of fused-ring (bicyclic) bond motifs is 2. The molecule has 0 aromatic heterocycles. The third-order valence-corrected chi connectivity index (χ3v) is 4.59. The fraction of sp³-hybridized carbons (Fsp3) is 0.438. The Balaban J connectivity index is 1.99. The van der Waals surface area contributed by atoms with E-state index in [4.69, 9.17) is 0 Å². The van der Waals surface area contributed by atoms with Crippen molar-refractivity contribution in [1.29, 1.82) is 5.26 Å². The molecule has 0 unspecified atom stereocenters. The Morgan fingerprint density at radius 1 is 1.22 bits per heavy atom. The summed E-state index contributed by atoms with van der Waals surface area (Å²) in [5.74, 6) is 0.957. The normalized spacial score (nSPS) is 33.1. The van der Waals surface area contributed by atoms with Gasteiger partial charge in [-0.2, -0.15) is 5.26 Å². The summed E-state index contributed by atoms with van der Waals surface area (Å²) in [4.78, 5) is 2.19. The molecule has 2 nitrogen and oxygen atoms in total. The zero-order valence-corrected chi connectivity index (χ0v) is 10.7. The van der Waals surface area contributed by atoms with Crippen LogP contribution in [0.3, 0.4) is 0 Å². The first-order valence-electron chi connectivity index (χ1n) is 6.65. The molecule has 3 aliphatic carbocycles. The maximum absolute atomic E-state index is 9.77. The van der Waals surface area contributed by atoms with Crippen LogP contribution in [0.4, 0.5) is 5.69 Å². The molecule has 0 aliphatic heterocycles. The summed E-state index contributed by atoms with van der Waals surface area (Å²) in [6.07, 6.45) is 7.93. The van der Waals surface area contributed by atoms with Gasteiger partial charge in [0.1, 0.15) is 5.54 Å². The van der Waals surface area contributed by atoms with Crippen LogP contribution in [-0.2, 0) is 0 Å². The molecular formula is C16H18N2. The maximum atomic E-state index is 9.77. The molecule has 92 valence electrons. The van der Waals surface area contributed by atoms with Crippen molar-refractivity contribution in [2.24, 2.45) is 11.8 Å². The summed E-state index contributed by atoms with van der Waals surface area (Å²) in [5.41, 5.74) is 0.791. The number of nitriles is 1. The third-order valence-electron chi connectivity index (χ3n) is 4.59. The Kier molecular flexibility index (Phi) is 2.63. The van der Waals surface area contributed by atoms with Crippen LogP contribution in [0.15, 0.2) is 42.5 Å². The molecule has 0 spiro atoms. The van der Waals surface area contributed by atoms with Gasteiger partial charge in [-0.1, -0.05) is 30.4 Å². The van der Waals surface area contributed by atoms with Crippen LogP contribution < -0.4 is 4.90 Å². The van der Waals surface area contributed by atoms with E-state index in [2.05, 4.69) is 42.3 Å². The molecule has 18 heavy (non-hydrogen) atoms. The van der Waals surface area contributed by atoms with Crippen molar-refractivity contribution < 1.29 is 0 Å². The molecule has 0 saturated heterocycles. The zero-order chi connectivity index (χ0) is 12.6. The van der Waals surface area contributed by atoms with Gasteiger partial charge < -0.3 is 4.90 Å². The van der Waals surface area contributed by atoms with Crippen molar-refractivity contribution in [3.8, 4) is 6.07 Å². The Labute approximate surface area is 109 Å². The van der Waals surface area contributed by atoms with Gasteiger partial charge in [0.05, 0.1) is 6.07 Å². The molecular weight excluding hydrogens is 220 g/mol. The molecule has 1 aromatic carbocycles. The van der Waals surface area contributed by atoms with Gasteiger partial charge in [0.2, 0.25) is 0 Å². The molecule has 2 heteroatoms. The second kappa shape index (κ2) is 4.17. The highest BCUT2D eigenvalue weighted by Gasteiger charge is 2.48. The van der Waals surface area contributed by atoms with Crippen LogP contribution >= 0.6 is 0 Å². The number of anilines is 1. The lowest BCUT2D eigenvalue weighted by Gasteiger charge is -2.49. The lowest BCUT2D eigenvalue weighted by molar-refractivity contribution is 0.221. The van der Waals surface area contributed by atoms with Gasteiger partial charge >= 0.3 is 0 Å². The highest BCUT2D eigenvalue weighted by molar-refractivity contribution is 5.52. The molecule has 3 aliphatic rings. The molecule has 0 amide bonds. The lowest BCUT2D eigenvalue weighted by Crippen LogP contribution is -2.55. The van der Waals surface area contributed by atoms with Crippen molar-refractivity contribution >= 4 is 5.69 Å². The zero-order valence-electron chi connectivity index (χ0n) is 10.7. The van der Waals surface area contributed by atoms with Crippen LogP contribution in [0.1, 0.15) is 19.3 Å². The van der Waals surface area contributed by atoms with Crippen molar-refractivity contribution in [3.05, 3.63) is 42.5 Å². The number of nitrogens with zero attached hydrogens (tertiary/aromatic N) is 2. The van der Waals surface area contributed by atoms with E-state index in [-0.39, 0.29) is 5.54 Å².